The van der Waals surface area contributed by atoms with Crippen molar-refractivity contribution in [3.8, 4) is 16.9 Å². The monoisotopic (exact) mass is 348 g/mol. The summed E-state index contributed by atoms with van der Waals surface area (Å²) < 4.78 is 5.25. The molecule has 0 saturated carbocycles. The lowest BCUT2D eigenvalue weighted by atomic mass is 10.0. The highest BCUT2D eigenvalue weighted by Crippen LogP contribution is 2.27. The highest BCUT2D eigenvalue weighted by atomic mass is 32.1. The Hall–Kier alpha value is -2.85. The number of methoxy groups -OCH3 is 1. The third-order valence-corrected chi connectivity index (χ3v) is 4.09. The number of ether oxygens (including phenoxy) is 1. The highest BCUT2D eigenvalue weighted by Gasteiger charge is 2.06. The third-order valence-electron chi connectivity index (χ3n) is 3.85. The summed E-state index contributed by atoms with van der Waals surface area (Å²) >= 11 is 5.45. The van der Waals surface area contributed by atoms with Crippen molar-refractivity contribution in [1.82, 2.24) is 5.32 Å². The van der Waals surface area contributed by atoms with Crippen LogP contribution in [0.15, 0.2) is 78.9 Å². The fourth-order valence-electron chi connectivity index (χ4n) is 2.59. The van der Waals surface area contributed by atoms with Crippen LogP contribution in [0.2, 0.25) is 0 Å². The topological polar surface area (TPSA) is 33.3 Å². The lowest BCUT2D eigenvalue weighted by molar-refractivity contribution is 0.414. The largest absolute Gasteiger partial charge is 0.497 e. The maximum absolute atomic E-state index is 5.45. The smallest absolute Gasteiger partial charge is 0.171 e. The van der Waals surface area contributed by atoms with E-state index in [1.54, 1.807) is 7.11 Å². The molecule has 0 unspecified atom stereocenters. The van der Waals surface area contributed by atoms with Gasteiger partial charge in [0.2, 0.25) is 0 Å². The van der Waals surface area contributed by atoms with E-state index in [0.717, 1.165) is 28.1 Å². The number of rotatable bonds is 5. The molecular weight excluding hydrogens is 328 g/mol. The second-order valence-corrected chi connectivity index (χ2v) is 5.98. The second-order valence-electron chi connectivity index (χ2n) is 5.57. The van der Waals surface area contributed by atoms with Gasteiger partial charge in [-0.25, -0.2) is 0 Å². The quantitative estimate of drug-likeness (QED) is 0.646. The Bertz CT molecular complexity index is 849. The summed E-state index contributed by atoms with van der Waals surface area (Å²) in [6, 6.07) is 26.3. The number of para-hydroxylation sites is 1. The Morgan fingerprint density at radius 2 is 1.68 bits per heavy atom. The molecule has 3 aromatic rings. The predicted molar refractivity (Wildman–Crippen MR) is 108 cm³/mol. The van der Waals surface area contributed by atoms with E-state index in [0.29, 0.717) is 11.7 Å². The van der Waals surface area contributed by atoms with Crippen molar-refractivity contribution in [3.63, 3.8) is 0 Å². The molecule has 3 nitrogen and oxygen atoms in total. The fraction of sp³-hybridized carbons (Fsp3) is 0.0952. The lowest BCUT2D eigenvalue weighted by Gasteiger charge is -2.14. The molecule has 3 rings (SSSR count). The Labute approximate surface area is 153 Å². The Kier molecular flexibility index (Phi) is 5.65. The molecule has 2 N–H and O–H groups in total. The molecule has 0 bridgehead atoms. The molecular formula is C21H20N2OS. The molecule has 0 atom stereocenters. The first-order valence-corrected chi connectivity index (χ1v) is 8.49. The maximum Gasteiger partial charge on any atom is 0.171 e. The standard InChI is InChI=1S/C21H20N2OS/c1-24-18-11-7-8-16(14-18)15-22-21(25)23-20-13-6-5-12-19(20)17-9-3-2-4-10-17/h2-14H,15H2,1H3,(H2,22,23,25). The number of hydrogen-bond acceptors (Lipinski definition) is 2. The summed E-state index contributed by atoms with van der Waals surface area (Å²) in [5.41, 5.74) is 4.37. The first kappa shape index (κ1) is 17.0. The molecule has 0 spiro atoms. The highest BCUT2D eigenvalue weighted by molar-refractivity contribution is 7.80. The zero-order valence-electron chi connectivity index (χ0n) is 14.0. The van der Waals surface area contributed by atoms with Gasteiger partial charge in [-0.1, -0.05) is 60.7 Å². The summed E-state index contributed by atoms with van der Waals surface area (Å²) in [7, 11) is 1.67. The molecule has 4 heteroatoms. The van der Waals surface area contributed by atoms with Crippen LogP contribution in [0.1, 0.15) is 5.56 Å². The lowest BCUT2D eigenvalue weighted by Crippen LogP contribution is -2.28. The normalized spacial score (nSPS) is 10.1. The van der Waals surface area contributed by atoms with E-state index in [-0.39, 0.29) is 0 Å². The molecule has 25 heavy (non-hydrogen) atoms. The summed E-state index contributed by atoms with van der Waals surface area (Å²) in [5.74, 6) is 0.840. The van der Waals surface area contributed by atoms with Crippen LogP contribution in [0.4, 0.5) is 5.69 Å². The first-order valence-electron chi connectivity index (χ1n) is 8.08. The molecule has 0 aromatic heterocycles. The van der Waals surface area contributed by atoms with Gasteiger partial charge in [0.1, 0.15) is 5.75 Å². The van der Waals surface area contributed by atoms with E-state index in [1.165, 1.54) is 0 Å². The first-order chi connectivity index (χ1) is 12.3. The molecule has 0 amide bonds. The van der Waals surface area contributed by atoms with Gasteiger partial charge in [-0.15, -0.1) is 0 Å². The van der Waals surface area contributed by atoms with Crippen molar-refractivity contribution in [3.05, 3.63) is 84.4 Å². The third kappa shape index (κ3) is 4.58. The zero-order chi connectivity index (χ0) is 17.5. The average molecular weight is 348 g/mol. The van der Waals surface area contributed by atoms with Crippen molar-refractivity contribution in [2.24, 2.45) is 0 Å². The van der Waals surface area contributed by atoms with Crippen LogP contribution >= 0.6 is 12.2 Å². The molecule has 0 aliphatic carbocycles. The van der Waals surface area contributed by atoms with E-state index >= 15 is 0 Å². The summed E-state index contributed by atoms with van der Waals surface area (Å²) in [4.78, 5) is 0. The number of anilines is 1. The summed E-state index contributed by atoms with van der Waals surface area (Å²) in [5, 5.41) is 7.13. The molecule has 3 aromatic carbocycles. The number of nitrogens with one attached hydrogen (secondary N) is 2. The van der Waals surface area contributed by atoms with Gasteiger partial charge in [-0.2, -0.15) is 0 Å². The van der Waals surface area contributed by atoms with Gasteiger partial charge in [-0.05, 0) is 41.5 Å². The minimum atomic E-state index is 0.589. The Morgan fingerprint density at radius 1 is 0.920 bits per heavy atom. The minimum absolute atomic E-state index is 0.589. The number of thiocarbonyl (C=S) groups is 1. The SMILES string of the molecule is COc1cccc(CNC(=S)Nc2ccccc2-c2ccccc2)c1. The molecule has 0 saturated heterocycles. The fourth-order valence-corrected chi connectivity index (χ4v) is 2.77. The van der Waals surface area contributed by atoms with Crippen LogP contribution in [0.3, 0.4) is 0 Å². The second kappa shape index (κ2) is 8.31. The summed E-state index contributed by atoms with van der Waals surface area (Å²) in [6.45, 7) is 0.635. The molecule has 0 heterocycles. The van der Waals surface area contributed by atoms with Crippen LogP contribution in [-0.4, -0.2) is 12.2 Å². The van der Waals surface area contributed by atoms with Crippen molar-refractivity contribution in [2.75, 3.05) is 12.4 Å². The Balaban J connectivity index is 1.67. The van der Waals surface area contributed by atoms with Crippen molar-refractivity contribution < 1.29 is 4.74 Å². The molecule has 126 valence electrons. The van der Waals surface area contributed by atoms with Crippen molar-refractivity contribution in [2.45, 2.75) is 6.54 Å². The minimum Gasteiger partial charge on any atom is -0.497 e. The van der Waals surface area contributed by atoms with E-state index in [2.05, 4.69) is 28.8 Å². The van der Waals surface area contributed by atoms with Crippen molar-refractivity contribution in [1.29, 1.82) is 0 Å². The van der Waals surface area contributed by atoms with E-state index in [4.69, 9.17) is 17.0 Å². The van der Waals surface area contributed by atoms with Crippen LogP contribution in [0, 0.1) is 0 Å². The van der Waals surface area contributed by atoms with Crippen LogP contribution in [0.25, 0.3) is 11.1 Å². The van der Waals surface area contributed by atoms with Crippen LogP contribution in [0.5, 0.6) is 5.75 Å². The number of hydrogen-bond donors (Lipinski definition) is 2. The van der Waals surface area contributed by atoms with Gasteiger partial charge in [-0.3, -0.25) is 0 Å². The molecule has 0 fully saturated rings. The Morgan fingerprint density at radius 3 is 2.48 bits per heavy atom. The van der Waals surface area contributed by atoms with E-state index < -0.39 is 0 Å². The summed E-state index contributed by atoms with van der Waals surface area (Å²) in [6.07, 6.45) is 0. The zero-order valence-corrected chi connectivity index (χ0v) is 14.8. The maximum atomic E-state index is 5.45. The van der Waals surface area contributed by atoms with E-state index in [9.17, 15) is 0 Å². The van der Waals surface area contributed by atoms with Gasteiger partial charge in [0.25, 0.3) is 0 Å². The molecule has 0 radical (unpaired) electrons. The van der Waals surface area contributed by atoms with E-state index in [1.807, 2.05) is 60.7 Å². The molecule has 0 aliphatic heterocycles. The van der Waals surface area contributed by atoms with Gasteiger partial charge in [0.15, 0.2) is 5.11 Å². The van der Waals surface area contributed by atoms with Gasteiger partial charge in [0.05, 0.1) is 7.11 Å². The van der Waals surface area contributed by atoms with Crippen molar-refractivity contribution >= 4 is 23.0 Å². The van der Waals surface area contributed by atoms with Crippen LogP contribution < -0.4 is 15.4 Å². The average Bonchev–Trinajstić information content (AvgIpc) is 2.68. The predicted octanol–water partition coefficient (Wildman–Crippen LogP) is 4.85. The molecule has 0 aliphatic rings. The van der Waals surface area contributed by atoms with Gasteiger partial charge < -0.3 is 15.4 Å². The van der Waals surface area contributed by atoms with Gasteiger partial charge in [0, 0.05) is 17.8 Å². The van der Waals surface area contributed by atoms with Crippen LogP contribution in [-0.2, 0) is 6.54 Å². The van der Waals surface area contributed by atoms with Gasteiger partial charge >= 0.3 is 0 Å². The number of benzene rings is 3.